The molecule has 0 aliphatic heterocycles. The Morgan fingerprint density at radius 1 is 1.30 bits per heavy atom. The van der Waals surface area contributed by atoms with Gasteiger partial charge in [0.25, 0.3) is 5.91 Å². The zero-order chi connectivity index (χ0) is 16.8. The number of benzene rings is 1. The number of hydrogen-bond donors (Lipinski definition) is 2. The average molecular weight is 313 g/mol. The SMILES string of the molecule is CCC(C)Nc1ccnc(C(=O)Nc2cc(C)ccc2OC)c1. The van der Waals surface area contributed by atoms with Crippen molar-refractivity contribution in [2.24, 2.45) is 0 Å². The van der Waals surface area contributed by atoms with Gasteiger partial charge in [-0.25, -0.2) is 0 Å². The van der Waals surface area contributed by atoms with E-state index in [0.29, 0.717) is 23.2 Å². The number of aryl methyl sites for hydroxylation is 1. The quantitative estimate of drug-likeness (QED) is 0.850. The lowest BCUT2D eigenvalue weighted by Gasteiger charge is -2.14. The predicted octanol–water partition coefficient (Wildman–Crippen LogP) is 3.86. The Morgan fingerprint density at radius 2 is 2.09 bits per heavy atom. The zero-order valence-electron chi connectivity index (χ0n) is 14.0. The van der Waals surface area contributed by atoms with Crippen molar-refractivity contribution < 1.29 is 9.53 Å². The third-order valence-corrected chi connectivity index (χ3v) is 3.62. The van der Waals surface area contributed by atoms with E-state index in [0.717, 1.165) is 17.7 Å². The molecule has 0 aliphatic rings. The minimum atomic E-state index is -0.262. The Balaban J connectivity index is 2.18. The molecule has 122 valence electrons. The lowest BCUT2D eigenvalue weighted by molar-refractivity contribution is 0.102. The monoisotopic (exact) mass is 313 g/mol. The topological polar surface area (TPSA) is 63.2 Å². The van der Waals surface area contributed by atoms with Crippen molar-refractivity contribution in [2.75, 3.05) is 17.7 Å². The number of aromatic nitrogens is 1. The van der Waals surface area contributed by atoms with Crippen LogP contribution in [0.4, 0.5) is 11.4 Å². The molecular formula is C18H23N3O2. The van der Waals surface area contributed by atoms with Crippen LogP contribution in [0.25, 0.3) is 0 Å². The van der Waals surface area contributed by atoms with Crippen molar-refractivity contribution in [3.05, 3.63) is 47.8 Å². The molecule has 5 nitrogen and oxygen atoms in total. The Labute approximate surface area is 137 Å². The van der Waals surface area contributed by atoms with Gasteiger partial charge in [-0.05, 0) is 50.1 Å². The van der Waals surface area contributed by atoms with Crippen LogP contribution in [-0.4, -0.2) is 24.0 Å². The first-order valence-electron chi connectivity index (χ1n) is 7.72. The molecule has 0 bridgehead atoms. The number of nitrogens with zero attached hydrogens (tertiary/aromatic N) is 1. The van der Waals surface area contributed by atoms with E-state index in [1.165, 1.54) is 0 Å². The molecule has 0 radical (unpaired) electrons. The van der Waals surface area contributed by atoms with Crippen molar-refractivity contribution in [1.29, 1.82) is 0 Å². The van der Waals surface area contributed by atoms with Crippen LogP contribution in [0.5, 0.6) is 5.75 Å². The normalized spacial score (nSPS) is 11.7. The van der Waals surface area contributed by atoms with E-state index in [9.17, 15) is 4.79 Å². The highest BCUT2D eigenvalue weighted by Gasteiger charge is 2.12. The third kappa shape index (κ3) is 4.45. The maximum Gasteiger partial charge on any atom is 0.274 e. The predicted molar refractivity (Wildman–Crippen MR) is 93.3 cm³/mol. The summed E-state index contributed by atoms with van der Waals surface area (Å²) in [6.45, 7) is 6.16. The molecule has 0 spiro atoms. The van der Waals surface area contributed by atoms with Crippen molar-refractivity contribution in [2.45, 2.75) is 33.2 Å². The van der Waals surface area contributed by atoms with Crippen LogP contribution in [0.15, 0.2) is 36.5 Å². The zero-order valence-corrected chi connectivity index (χ0v) is 14.0. The van der Waals surface area contributed by atoms with Gasteiger partial charge in [-0.1, -0.05) is 13.0 Å². The fourth-order valence-electron chi connectivity index (χ4n) is 2.14. The number of carbonyl (C=O) groups excluding carboxylic acids is 1. The second-order valence-electron chi connectivity index (χ2n) is 5.54. The molecule has 23 heavy (non-hydrogen) atoms. The van der Waals surface area contributed by atoms with Crippen LogP contribution < -0.4 is 15.4 Å². The van der Waals surface area contributed by atoms with Gasteiger partial charge in [0.1, 0.15) is 11.4 Å². The molecule has 1 atom stereocenters. The molecule has 0 saturated carbocycles. The summed E-state index contributed by atoms with van der Waals surface area (Å²) >= 11 is 0. The van der Waals surface area contributed by atoms with Gasteiger partial charge in [-0.15, -0.1) is 0 Å². The number of nitrogens with one attached hydrogen (secondary N) is 2. The van der Waals surface area contributed by atoms with E-state index in [1.54, 1.807) is 19.4 Å². The number of amides is 1. The summed E-state index contributed by atoms with van der Waals surface area (Å²) in [5.74, 6) is 0.361. The average Bonchev–Trinajstić information content (AvgIpc) is 2.55. The number of rotatable bonds is 6. The Bertz CT molecular complexity index is 686. The molecule has 2 rings (SSSR count). The molecule has 0 aliphatic carbocycles. The summed E-state index contributed by atoms with van der Waals surface area (Å²) in [6.07, 6.45) is 2.64. The van der Waals surface area contributed by atoms with E-state index >= 15 is 0 Å². The fraction of sp³-hybridized carbons (Fsp3) is 0.333. The lowest BCUT2D eigenvalue weighted by Crippen LogP contribution is -2.17. The molecule has 0 saturated heterocycles. The third-order valence-electron chi connectivity index (χ3n) is 3.62. The maximum atomic E-state index is 12.4. The lowest BCUT2D eigenvalue weighted by atomic mass is 10.2. The van der Waals surface area contributed by atoms with Crippen LogP contribution in [0, 0.1) is 6.92 Å². The number of carbonyl (C=O) groups is 1. The van der Waals surface area contributed by atoms with Crippen LogP contribution >= 0.6 is 0 Å². The number of anilines is 2. The van der Waals surface area contributed by atoms with Gasteiger partial charge in [-0.2, -0.15) is 0 Å². The van der Waals surface area contributed by atoms with Gasteiger partial charge in [0.05, 0.1) is 12.8 Å². The Morgan fingerprint density at radius 3 is 2.78 bits per heavy atom. The summed E-state index contributed by atoms with van der Waals surface area (Å²) < 4.78 is 5.28. The van der Waals surface area contributed by atoms with Crippen molar-refractivity contribution in [3.8, 4) is 5.75 Å². The van der Waals surface area contributed by atoms with Crippen LogP contribution in [-0.2, 0) is 0 Å². The van der Waals surface area contributed by atoms with E-state index in [4.69, 9.17) is 4.74 Å². The first-order chi connectivity index (χ1) is 11.0. The molecule has 2 aromatic rings. The molecule has 2 N–H and O–H groups in total. The highest BCUT2D eigenvalue weighted by atomic mass is 16.5. The number of pyridine rings is 1. The van der Waals surface area contributed by atoms with Gasteiger partial charge in [0.15, 0.2) is 0 Å². The molecule has 5 heteroatoms. The van der Waals surface area contributed by atoms with E-state index in [1.807, 2.05) is 31.2 Å². The number of methoxy groups -OCH3 is 1. The maximum absolute atomic E-state index is 12.4. The number of ether oxygens (including phenoxy) is 1. The standard InChI is InChI=1S/C18H23N3O2/c1-5-13(3)20-14-8-9-19-16(11-14)18(22)21-15-10-12(2)6-7-17(15)23-4/h6-11,13H,5H2,1-4H3,(H,19,20)(H,21,22). The first-order valence-corrected chi connectivity index (χ1v) is 7.72. The summed E-state index contributed by atoms with van der Waals surface area (Å²) in [7, 11) is 1.58. The summed E-state index contributed by atoms with van der Waals surface area (Å²) in [6, 6.07) is 9.59. The molecule has 1 amide bonds. The Kier molecular flexibility index (Phi) is 5.57. The van der Waals surface area contributed by atoms with Gasteiger partial charge >= 0.3 is 0 Å². The fourth-order valence-corrected chi connectivity index (χ4v) is 2.14. The second-order valence-corrected chi connectivity index (χ2v) is 5.54. The summed E-state index contributed by atoms with van der Waals surface area (Å²) in [5.41, 5.74) is 2.93. The molecule has 1 aromatic heterocycles. The van der Waals surface area contributed by atoms with E-state index in [-0.39, 0.29) is 5.91 Å². The van der Waals surface area contributed by atoms with Gasteiger partial charge in [0.2, 0.25) is 0 Å². The minimum Gasteiger partial charge on any atom is -0.495 e. The molecule has 0 fully saturated rings. The van der Waals surface area contributed by atoms with Gasteiger partial charge in [0, 0.05) is 17.9 Å². The molecule has 1 heterocycles. The van der Waals surface area contributed by atoms with Crippen LogP contribution in [0.2, 0.25) is 0 Å². The number of hydrogen-bond acceptors (Lipinski definition) is 4. The van der Waals surface area contributed by atoms with Crippen molar-refractivity contribution in [1.82, 2.24) is 4.98 Å². The molecule has 1 aromatic carbocycles. The van der Waals surface area contributed by atoms with Crippen molar-refractivity contribution >= 4 is 17.3 Å². The van der Waals surface area contributed by atoms with E-state index < -0.39 is 0 Å². The largest absolute Gasteiger partial charge is 0.495 e. The molecule has 1 unspecified atom stereocenters. The summed E-state index contributed by atoms with van der Waals surface area (Å²) in [5, 5.41) is 6.20. The minimum absolute atomic E-state index is 0.262. The van der Waals surface area contributed by atoms with E-state index in [2.05, 4.69) is 29.5 Å². The highest BCUT2D eigenvalue weighted by molar-refractivity contribution is 6.04. The second kappa shape index (κ2) is 7.63. The smallest absolute Gasteiger partial charge is 0.274 e. The Hall–Kier alpha value is -2.56. The highest BCUT2D eigenvalue weighted by Crippen LogP contribution is 2.25. The summed E-state index contributed by atoms with van der Waals surface area (Å²) in [4.78, 5) is 16.6. The molecular weight excluding hydrogens is 290 g/mol. The van der Waals surface area contributed by atoms with Crippen molar-refractivity contribution in [3.63, 3.8) is 0 Å². The van der Waals surface area contributed by atoms with Crippen LogP contribution in [0.1, 0.15) is 36.3 Å². The van der Waals surface area contributed by atoms with Crippen LogP contribution in [0.3, 0.4) is 0 Å². The van der Waals surface area contributed by atoms with Gasteiger partial charge < -0.3 is 15.4 Å². The van der Waals surface area contributed by atoms with Gasteiger partial charge in [-0.3, -0.25) is 9.78 Å². The first kappa shape index (κ1) is 16.8.